The van der Waals surface area contributed by atoms with Crippen molar-refractivity contribution >= 4 is 11.8 Å². The van der Waals surface area contributed by atoms with Crippen molar-refractivity contribution in [2.45, 2.75) is 9.79 Å². The summed E-state index contributed by atoms with van der Waals surface area (Å²) in [5.41, 5.74) is 0. The monoisotopic (exact) mass is 264 g/mol. The highest BCUT2D eigenvalue weighted by Gasteiger charge is 2.04. The normalized spacial score (nSPS) is 10.2. The summed E-state index contributed by atoms with van der Waals surface area (Å²) in [6, 6.07) is 12.5. The first-order valence-corrected chi connectivity index (χ1v) is 6.20. The van der Waals surface area contributed by atoms with Gasteiger partial charge in [-0.1, -0.05) is 11.8 Å². The molecule has 0 spiro atoms. The number of methoxy groups -OCH3 is 2. The fourth-order valence-electron chi connectivity index (χ4n) is 1.49. The molecule has 2 aromatic rings. The van der Waals surface area contributed by atoms with Gasteiger partial charge in [-0.25, -0.2) is 4.39 Å². The number of hydrogen-bond acceptors (Lipinski definition) is 3. The van der Waals surface area contributed by atoms with E-state index in [0.29, 0.717) is 0 Å². The zero-order valence-corrected chi connectivity index (χ0v) is 11.0. The number of benzene rings is 2. The van der Waals surface area contributed by atoms with Gasteiger partial charge in [-0.05, 0) is 42.5 Å². The maximum absolute atomic E-state index is 13.5. The van der Waals surface area contributed by atoms with Crippen molar-refractivity contribution in [3.8, 4) is 11.5 Å². The van der Waals surface area contributed by atoms with Crippen LogP contribution in [-0.4, -0.2) is 14.2 Å². The van der Waals surface area contributed by atoms with E-state index in [1.807, 2.05) is 30.3 Å². The predicted octanol–water partition coefficient (Wildman–Crippen LogP) is 3.99. The summed E-state index contributed by atoms with van der Waals surface area (Å²) in [6.45, 7) is 0. The molecule has 0 saturated carbocycles. The molecule has 0 unspecified atom stereocenters. The first-order chi connectivity index (χ1) is 8.72. The molecule has 0 aliphatic heterocycles. The van der Waals surface area contributed by atoms with E-state index < -0.39 is 0 Å². The Kier molecular flexibility index (Phi) is 4.10. The van der Waals surface area contributed by atoms with Crippen molar-refractivity contribution in [1.82, 2.24) is 0 Å². The minimum Gasteiger partial charge on any atom is -0.497 e. The molecule has 0 radical (unpaired) electrons. The summed E-state index contributed by atoms with van der Waals surface area (Å²) in [7, 11) is 3.08. The molecule has 18 heavy (non-hydrogen) atoms. The molecule has 0 amide bonds. The van der Waals surface area contributed by atoms with E-state index in [1.165, 1.54) is 24.9 Å². The largest absolute Gasteiger partial charge is 0.497 e. The molecule has 0 saturated heterocycles. The molecular formula is C14H13FO2S. The molecule has 0 bridgehead atoms. The fraction of sp³-hybridized carbons (Fsp3) is 0.143. The smallest absolute Gasteiger partial charge is 0.166 e. The molecule has 94 valence electrons. The molecule has 2 aromatic carbocycles. The van der Waals surface area contributed by atoms with Crippen LogP contribution < -0.4 is 9.47 Å². The van der Waals surface area contributed by atoms with Gasteiger partial charge < -0.3 is 9.47 Å². The van der Waals surface area contributed by atoms with Crippen molar-refractivity contribution in [3.63, 3.8) is 0 Å². The summed E-state index contributed by atoms with van der Waals surface area (Å²) in [6.07, 6.45) is 0. The second kappa shape index (κ2) is 5.78. The van der Waals surface area contributed by atoms with Crippen molar-refractivity contribution < 1.29 is 13.9 Å². The molecule has 0 aromatic heterocycles. The number of ether oxygens (including phenoxy) is 2. The van der Waals surface area contributed by atoms with E-state index in [2.05, 4.69) is 0 Å². The van der Waals surface area contributed by atoms with Crippen LogP contribution in [0.3, 0.4) is 0 Å². The second-order valence-electron chi connectivity index (χ2n) is 3.57. The lowest BCUT2D eigenvalue weighted by Gasteiger charge is -2.06. The Morgan fingerprint density at radius 1 is 0.889 bits per heavy atom. The predicted molar refractivity (Wildman–Crippen MR) is 70.1 cm³/mol. The average molecular weight is 264 g/mol. The van der Waals surface area contributed by atoms with Gasteiger partial charge in [0.1, 0.15) is 5.75 Å². The molecule has 0 aliphatic rings. The minimum atomic E-state index is -0.351. The third-order valence-corrected chi connectivity index (χ3v) is 3.42. The van der Waals surface area contributed by atoms with Crippen LogP contribution in [0.4, 0.5) is 4.39 Å². The third kappa shape index (κ3) is 2.96. The van der Waals surface area contributed by atoms with Gasteiger partial charge in [0.25, 0.3) is 0 Å². The van der Waals surface area contributed by atoms with Gasteiger partial charge in [0.15, 0.2) is 11.6 Å². The van der Waals surface area contributed by atoms with Gasteiger partial charge in [-0.15, -0.1) is 0 Å². The van der Waals surface area contributed by atoms with Gasteiger partial charge in [-0.2, -0.15) is 0 Å². The lowest BCUT2D eigenvalue weighted by Crippen LogP contribution is -1.87. The minimum absolute atomic E-state index is 0.258. The van der Waals surface area contributed by atoms with Crippen LogP contribution in [0, 0.1) is 5.82 Å². The summed E-state index contributed by atoms with van der Waals surface area (Å²) >= 11 is 1.49. The molecular weight excluding hydrogens is 251 g/mol. The van der Waals surface area contributed by atoms with Crippen LogP contribution >= 0.6 is 11.8 Å². The van der Waals surface area contributed by atoms with Gasteiger partial charge in [0, 0.05) is 9.79 Å². The van der Waals surface area contributed by atoms with Crippen LogP contribution in [0.25, 0.3) is 0 Å². The highest BCUT2D eigenvalue weighted by Crippen LogP contribution is 2.31. The Balaban J connectivity index is 2.15. The third-order valence-electron chi connectivity index (χ3n) is 2.42. The summed E-state index contributed by atoms with van der Waals surface area (Å²) in [4.78, 5) is 1.86. The number of rotatable bonds is 4. The first kappa shape index (κ1) is 12.8. The Morgan fingerprint density at radius 2 is 1.56 bits per heavy atom. The zero-order chi connectivity index (χ0) is 13.0. The Bertz CT molecular complexity index is 526. The van der Waals surface area contributed by atoms with Crippen molar-refractivity contribution in [1.29, 1.82) is 0 Å². The lowest BCUT2D eigenvalue weighted by atomic mass is 10.3. The van der Waals surface area contributed by atoms with Crippen molar-refractivity contribution in [2.24, 2.45) is 0 Å². The first-order valence-electron chi connectivity index (χ1n) is 5.38. The van der Waals surface area contributed by atoms with Crippen LogP contribution in [0.1, 0.15) is 0 Å². The molecule has 0 atom stereocenters. The Morgan fingerprint density at radius 3 is 2.11 bits per heavy atom. The van der Waals surface area contributed by atoms with Gasteiger partial charge in [0.05, 0.1) is 14.2 Å². The fourth-order valence-corrected chi connectivity index (χ4v) is 2.33. The Hall–Kier alpha value is -1.68. The van der Waals surface area contributed by atoms with E-state index in [-0.39, 0.29) is 11.6 Å². The molecule has 0 N–H and O–H groups in total. The van der Waals surface area contributed by atoms with E-state index in [1.54, 1.807) is 13.2 Å². The van der Waals surface area contributed by atoms with Crippen LogP contribution in [0.15, 0.2) is 52.3 Å². The molecule has 0 aliphatic carbocycles. The standard InChI is InChI=1S/C14H13FO2S/c1-16-10-3-5-11(6-4-10)18-12-7-8-14(17-2)13(15)9-12/h3-9H,1-2H3. The van der Waals surface area contributed by atoms with Crippen LogP contribution in [0.5, 0.6) is 11.5 Å². The lowest BCUT2D eigenvalue weighted by molar-refractivity contribution is 0.385. The van der Waals surface area contributed by atoms with E-state index in [4.69, 9.17) is 9.47 Å². The number of halogens is 1. The molecule has 0 heterocycles. The van der Waals surface area contributed by atoms with Gasteiger partial charge in [-0.3, -0.25) is 0 Å². The van der Waals surface area contributed by atoms with Crippen LogP contribution in [-0.2, 0) is 0 Å². The molecule has 0 fully saturated rings. The van der Waals surface area contributed by atoms with Gasteiger partial charge in [0.2, 0.25) is 0 Å². The summed E-state index contributed by atoms with van der Waals surface area (Å²) in [5.74, 6) is 0.713. The van der Waals surface area contributed by atoms with Crippen molar-refractivity contribution in [3.05, 3.63) is 48.3 Å². The summed E-state index contributed by atoms with van der Waals surface area (Å²) < 4.78 is 23.5. The highest BCUT2D eigenvalue weighted by atomic mass is 32.2. The average Bonchev–Trinajstić information content (AvgIpc) is 2.40. The summed E-state index contributed by atoms with van der Waals surface area (Å²) in [5, 5.41) is 0. The van der Waals surface area contributed by atoms with Crippen molar-refractivity contribution in [2.75, 3.05) is 14.2 Å². The molecule has 2 nitrogen and oxygen atoms in total. The zero-order valence-electron chi connectivity index (χ0n) is 10.1. The van der Waals surface area contributed by atoms with Crippen LogP contribution in [0.2, 0.25) is 0 Å². The molecule has 4 heteroatoms. The topological polar surface area (TPSA) is 18.5 Å². The van der Waals surface area contributed by atoms with Gasteiger partial charge >= 0.3 is 0 Å². The number of hydrogen-bond donors (Lipinski definition) is 0. The van der Waals surface area contributed by atoms with E-state index in [0.717, 1.165) is 15.5 Å². The quantitative estimate of drug-likeness (QED) is 0.831. The van der Waals surface area contributed by atoms with E-state index in [9.17, 15) is 4.39 Å². The maximum Gasteiger partial charge on any atom is 0.166 e. The highest BCUT2D eigenvalue weighted by molar-refractivity contribution is 7.99. The SMILES string of the molecule is COc1ccc(Sc2ccc(OC)c(F)c2)cc1. The van der Waals surface area contributed by atoms with E-state index >= 15 is 0 Å². The Labute approximate surface area is 110 Å². The maximum atomic E-state index is 13.5. The second-order valence-corrected chi connectivity index (χ2v) is 4.72. The molecule has 2 rings (SSSR count).